The van der Waals surface area contributed by atoms with Crippen molar-refractivity contribution in [2.75, 3.05) is 6.61 Å². The molecule has 1 atom stereocenters. The molecule has 1 saturated carbocycles. The number of nitrogens with zero attached hydrogens (tertiary/aromatic N) is 1. The predicted octanol–water partition coefficient (Wildman–Crippen LogP) is 4.94. The van der Waals surface area contributed by atoms with Crippen LogP contribution in [0.3, 0.4) is 0 Å². The molecule has 0 aromatic heterocycles. The summed E-state index contributed by atoms with van der Waals surface area (Å²) in [6.45, 7) is 6.31. The van der Waals surface area contributed by atoms with Crippen LogP contribution in [0, 0.1) is 13.8 Å². The SMILES string of the molecule is CC[C@@H](C(=O)NC1CCCCC1)N(Cc1ccccc1)C(=O)COc1ccc(C)c(C)c1. The van der Waals surface area contributed by atoms with Crippen LogP contribution in [-0.4, -0.2) is 35.4 Å². The molecule has 0 spiro atoms. The second-order valence-corrected chi connectivity index (χ2v) is 8.81. The van der Waals surface area contributed by atoms with Gasteiger partial charge in [0.25, 0.3) is 5.91 Å². The van der Waals surface area contributed by atoms with Gasteiger partial charge in [-0.05, 0) is 61.9 Å². The van der Waals surface area contributed by atoms with E-state index in [4.69, 9.17) is 4.74 Å². The van der Waals surface area contributed by atoms with Crippen molar-refractivity contribution in [1.82, 2.24) is 10.2 Å². The third-order valence-electron chi connectivity index (χ3n) is 6.37. The van der Waals surface area contributed by atoms with E-state index in [-0.39, 0.29) is 24.5 Å². The first-order chi connectivity index (χ1) is 15.5. The fourth-order valence-corrected chi connectivity index (χ4v) is 4.28. The van der Waals surface area contributed by atoms with Crippen LogP contribution in [0.15, 0.2) is 48.5 Å². The minimum atomic E-state index is -0.520. The third kappa shape index (κ3) is 6.59. The zero-order chi connectivity index (χ0) is 22.9. The highest BCUT2D eigenvalue weighted by Crippen LogP contribution is 2.20. The van der Waals surface area contributed by atoms with E-state index in [1.807, 2.05) is 69.3 Å². The largest absolute Gasteiger partial charge is 0.484 e. The lowest BCUT2D eigenvalue weighted by atomic mass is 9.95. The van der Waals surface area contributed by atoms with Gasteiger partial charge in [-0.1, -0.05) is 62.6 Å². The molecule has 2 aromatic carbocycles. The Morgan fingerprint density at radius 3 is 2.41 bits per heavy atom. The monoisotopic (exact) mass is 436 g/mol. The maximum absolute atomic E-state index is 13.3. The number of hydrogen-bond donors (Lipinski definition) is 1. The third-order valence-corrected chi connectivity index (χ3v) is 6.37. The van der Waals surface area contributed by atoms with Gasteiger partial charge in [0.15, 0.2) is 6.61 Å². The number of nitrogens with one attached hydrogen (secondary N) is 1. The smallest absolute Gasteiger partial charge is 0.261 e. The second-order valence-electron chi connectivity index (χ2n) is 8.81. The van der Waals surface area contributed by atoms with E-state index < -0.39 is 6.04 Å². The molecule has 5 nitrogen and oxygen atoms in total. The van der Waals surface area contributed by atoms with E-state index in [1.165, 1.54) is 12.0 Å². The molecule has 32 heavy (non-hydrogen) atoms. The van der Waals surface area contributed by atoms with Gasteiger partial charge in [0.2, 0.25) is 5.91 Å². The summed E-state index contributed by atoms with van der Waals surface area (Å²) in [6.07, 6.45) is 6.13. The summed E-state index contributed by atoms with van der Waals surface area (Å²) in [4.78, 5) is 28.2. The molecule has 0 radical (unpaired) electrons. The van der Waals surface area contributed by atoms with Gasteiger partial charge in [-0.3, -0.25) is 9.59 Å². The fourth-order valence-electron chi connectivity index (χ4n) is 4.28. The molecule has 2 aromatic rings. The van der Waals surface area contributed by atoms with Gasteiger partial charge in [0, 0.05) is 12.6 Å². The minimum absolute atomic E-state index is 0.0603. The molecule has 0 heterocycles. The number of aryl methyl sites for hydroxylation is 2. The summed E-state index contributed by atoms with van der Waals surface area (Å²) >= 11 is 0. The molecule has 5 heteroatoms. The van der Waals surface area contributed by atoms with Crippen molar-refractivity contribution in [3.05, 3.63) is 65.2 Å². The van der Waals surface area contributed by atoms with E-state index in [0.717, 1.165) is 36.8 Å². The van der Waals surface area contributed by atoms with Gasteiger partial charge in [0.1, 0.15) is 11.8 Å². The Morgan fingerprint density at radius 1 is 1.03 bits per heavy atom. The topological polar surface area (TPSA) is 58.6 Å². The Hall–Kier alpha value is -2.82. The number of hydrogen-bond acceptors (Lipinski definition) is 3. The van der Waals surface area contributed by atoms with Gasteiger partial charge < -0.3 is 15.0 Å². The first-order valence-corrected chi connectivity index (χ1v) is 11.8. The first-order valence-electron chi connectivity index (χ1n) is 11.8. The second kappa shape index (κ2) is 11.7. The van der Waals surface area contributed by atoms with Crippen LogP contribution < -0.4 is 10.1 Å². The van der Waals surface area contributed by atoms with Crippen molar-refractivity contribution in [3.63, 3.8) is 0 Å². The Morgan fingerprint density at radius 2 is 1.75 bits per heavy atom. The Bertz CT molecular complexity index is 891. The van der Waals surface area contributed by atoms with E-state index in [2.05, 4.69) is 5.32 Å². The van der Waals surface area contributed by atoms with Crippen LogP contribution in [0.25, 0.3) is 0 Å². The van der Waals surface area contributed by atoms with Crippen molar-refractivity contribution in [2.24, 2.45) is 0 Å². The van der Waals surface area contributed by atoms with E-state index in [9.17, 15) is 9.59 Å². The molecule has 0 unspecified atom stereocenters. The molecule has 3 rings (SSSR count). The highest BCUT2D eigenvalue weighted by molar-refractivity contribution is 5.88. The van der Waals surface area contributed by atoms with Crippen LogP contribution in [-0.2, 0) is 16.1 Å². The highest BCUT2D eigenvalue weighted by atomic mass is 16.5. The molecule has 172 valence electrons. The quantitative estimate of drug-likeness (QED) is 0.606. The Labute approximate surface area is 192 Å². The molecule has 1 N–H and O–H groups in total. The number of amides is 2. The molecule has 0 bridgehead atoms. The summed E-state index contributed by atoms with van der Waals surface area (Å²) in [6, 6.07) is 15.3. The molecular formula is C27H36N2O3. The minimum Gasteiger partial charge on any atom is -0.484 e. The summed E-state index contributed by atoms with van der Waals surface area (Å²) in [5.41, 5.74) is 3.30. The van der Waals surface area contributed by atoms with Gasteiger partial charge in [0.05, 0.1) is 0 Å². The summed E-state index contributed by atoms with van der Waals surface area (Å²) in [5, 5.41) is 3.20. The van der Waals surface area contributed by atoms with Gasteiger partial charge in [-0.2, -0.15) is 0 Å². The average molecular weight is 437 g/mol. The number of carbonyl (C=O) groups excluding carboxylic acids is 2. The lowest BCUT2D eigenvalue weighted by Crippen LogP contribution is -2.52. The van der Waals surface area contributed by atoms with Crippen molar-refractivity contribution in [2.45, 2.75) is 77.9 Å². The summed E-state index contributed by atoms with van der Waals surface area (Å²) < 4.78 is 5.82. The maximum Gasteiger partial charge on any atom is 0.261 e. The summed E-state index contributed by atoms with van der Waals surface area (Å²) in [7, 11) is 0. The summed E-state index contributed by atoms with van der Waals surface area (Å²) in [5.74, 6) is 0.424. The molecular weight excluding hydrogens is 400 g/mol. The Kier molecular flexibility index (Phi) is 8.72. The van der Waals surface area contributed by atoms with Crippen molar-refractivity contribution >= 4 is 11.8 Å². The van der Waals surface area contributed by atoms with Crippen LogP contribution >= 0.6 is 0 Å². The molecule has 1 aliphatic rings. The first kappa shape index (κ1) is 23.8. The number of rotatable bonds is 9. The number of benzene rings is 2. The predicted molar refractivity (Wildman–Crippen MR) is 127 cm³/mol. The van der Waals surface area contributed by atoms with Gasteiger partial charge in [-0.25, -0.2) is 0 Å². The molecule has 0 saturated heterocycles. The van der Waals surface area contributed by atoms with Crippen LogP contribution in [0.1, 0.15) is 62.1 Å². The average Bonchev–Trinajstić information content (AvgIpc) is 2.81. The van der Waals surface area contributed by atoms with Gasteiger partial charge in [-0.15, -0.1) is 0 Å². The van der Waals surface area contributed by atoms with Crippen molar-refractivity contribution < 1.29 is 14.3 Å². The van der Waals surface area contributed by atoms with Gasteiger partial charge >= 0.3 is 0 Å². The van der Waals surface area contributed by atoms with E-state index >= 15 is 0 Å². The number of carbonyl (C=O) groups is 2. The highest BCUT2D eigenvalue weighted by Gasteiger charge is 2.30. The van der Waals surface area contributed by atoms with E-state index in [0.29, 0.717) is 18.7 Å². The zero-order valence-electron chi connectivity index (χ0n) is 19.6. The Balaban J connectivity index is 1.73. The van der Waals surface area contributed by atoms with Crippen molar-refractivity contribution in [3.8, 4) is 5.75 Å². The molecule has 2 amide bonds. The zero-order valence-corrected chi connectivity index (χ0v) is 19.6. The molecule has 0 aliphatic heterocycles. The van der Waals surface area contributed by atoms with Crippen molar-refractivity contribution in [1.29, 1.82) is 0 Å². The fraction of sp³-hybridized carbons (Fsp3) is 0.481. The normalized spacial score (nSPS) is 15.1. The lowest BCUT2D eigenvalue weighted by Gasteiger charge is -2.32. The van der Waals surface area contributed by atoms with Crippen LogP contribution in [0.4, 0.5) is 0 Å². The molecule has 1 aliphatic carbocycles. The van der Waals surface area contributed by atoms with Crippen LogP contribution in [0.2, 0.25) is 0 Å². The standard InChI is InChI=1S/C27H36N2O3/c1-4-25(27(31)28-23-13-9-6-10-14-23)29(18-22-11-7-5-8-12-22)26(30)19-32-24-16-15-20(2)21(3)17-24/h5,7-8,11-12,15-17,23,25H,4,6,9-10,13-14,18-19H2,1-3H3,(H,28,31)/t25-/m0/s1. The number of ether oxygens (including phenoxy) is 1. The lowest BCUT2D eigenvalue weighted by molar-refractivity contribution is -0.143. The van der Waals surface area contributed by atoms with Crippen LogP contribution in [0.5, 0.6) is 5.75 Å². The van der Waals surface area contributed by atoms with E-state index in [1.54, 1.807) is 4.90 Å². The molecule has 1 fully saturated rings. The maximum atomic E-state index is 13.3.